The van der Waals surface area contributed by atoms with Gasteiger partial charge in [0.05, 0.1) is 17.1 Å². The fourth-order valence-electron chi connectivity index (χ4n) is 4.58. The summed E-state index contributed by atoms with van der Waals surface area (Å²) in [4.78, 5) is 27.9. The van der Waals surface area contributed by atoms with E-state index >= 15 is 0 Å². The number of hydrogen-bond donors (Lipinski definition) is 2. The predicted octanol–water partition coefficient (Wildman–Crippen LogP) is 4.33. The molecule has 0 aliphatic carbocycles. The smallest absolute Gasteiger partial charge is 0.265 e. The molecular formula is C32H31N3O6S. The van der Waals surface area contributed by atoms with Crippen LogP contribution in [0.15, 0.2) is 108 Å². The average molecular weight is 586 g/mol. The van der Waals surface area contributed by atoms with Crippen LogP contribution in [0.2, 0.25) is 0 Å². The zero-order valence-electron chi connectivity index (χ0n) is 23.0. The van der Waals surface area contributed by atoms with Crippen LogP contribution in [0.1, 0.15) is 11.1 Å². The monoisotopic (exact) mass is 585 g/mol. The van der Waals surface area contributed by atoms with Crippen LogP contribution in [-0.2, 0) is 26.0 Å². The van der Waals surface area contributed by atoms with Crippen molar-refractivity contribution in [3.8, 4) is 11.5 Å². The van der Waals surface area contributed by atoms with E-state index < -0.39 is 16.1 Å². The van der Waals surface area contributed by atoms with E-state index in [2.05, 4.69) is 10.0 Å². The third-order valence-corrected chi connectivity index (χ3v) is 8.14. The lowest BCUT2D eigenvalue weighted by molar-refractivity contribution is -0.128. The first-order chi connectivity index (χ1) is 20.3. The van der Waals surface area contributed by atoms with Crippen LogP contribution in [0.4, 0.5) is 11.4 Å². The van der Waals surface area contributed by atoms with Crippen molar-refractivity contribution in [2.75, 3.05) is 29.3 Å². The Labute approximate surface area is 245 Å². The number of nitrogens with one attached hydrogen (secondary N) is 2. The van der Waals surface area contributed by atoms with Gasteiger partial charge in [0.1, 0.15) is 11.5 Å². The second kappa shape index (κ2) is 12.8. The molecule has 2 amide bonds. The van der Waals surface area contributed by atoms with Crippen molar-refractivity contribution in [3.63, 3.8) is 0 Å². The highest BCUT2D eigenvalue weighted by Crippen LogP contribution is 2.33. The van der Waals surface area contributed by atoms with Crippen LogP contribution < -0.4 is 24.4 Å². The van der Waals surface area contributed by atoms with Crippen LogP contribution in [0, 0.1) is 6.92 Å². The summed E-state index contributed by atoms with van der Waals surface area (Å²) in [7, 11) is -3.80. The Balaban J connectivity index is 1.22. The summed E-state index contributed by atoms with van der Waals surface area (Å²) in [6.45, 7) is 1.86. The summed E-state index contributed by atoms with van der Waals surface area (Å²) in [5.74, 6) is 0.126. The number of nitrogens with zero attached hydrogens (tertiary/aromatic N) is 1. The van der Waals surface area contributed by atoms with Gasteiger partial charge in [0.2, 0.25) is 0 Å². The van der Waals surface area contributed by atoms with E-state index in [1.54, 1.807) is 61.5 Å². The minimum atomic E-state index is -3.80. The molecule has 0 aromatic heterocycles. The third-order valence-electron chi connectivity index (χ3n) is 6.76. The molecule has 0 saturated carbocycles. The fourth-order valence-corrected chi connectivity index (χ4v) is 5.73. The van der Waals surface area contributed by atoms with Gasteiger partial charge in [-0.05, 0) is 66.9 Å². The minimum Gasteiger partial charge on any atom is -0.483 e. The lowest BCUT2D eigenvalue weighted by Crippen LogP contribution is -2.52. The Morgan fingerprint density at radius 3 is 2.36 bits per heavy atom. The molecule has 9 nitrogen and oxygen atoms in total. The van der Waals surface area contributed by atoms with Gasteiger partial charge in [0, 0.05) is 12.2 Å². The highest BCUT2D eigenvalue weighted by Gasteiger charge is 2.34. The summed E-state index contributed by atoms with van der Waals surface area (Å²) in [6.07, 6.45) is -0.211. The number of amides is 2. The highest BCUT2D eigenvalue weighted by molar-refractivity contribution is 7.92. The molecule has 1 atom stereocenters. The van der Waals surface area contributed by atoms with Crippen molar-refractivity contribution >= 4 is 33.2 Å². The van der Waals surface area contributed by atoms with Gasteiger partial charge >= 0.3 is 0 Å². The number of carbonyl (C=O) groups excluding carboxylic acids is 2. The highest BCUT2D eigenvalue weighted by atomic mass is 32.2. The molecule has 0 bridgehead atoms. The van der Waals surface area contributed by atoms with Gasteiger partial charge in [-0.25, -0.2) is 8.42 Å². The van der Waals surface area contributed by atoms with E-state index in [0.717, 1.165) is 5.56 Å². The first-order valence-corrected chi connectivity index (χ1v) is 15.0. The number of fused-ring (bicyclic) bond motifs is 1. The van der Waals surface area contributed by atoms with Crippen molar-refractivity contribution in [2.24, 2.45) is 0 Å². The second-order valence-electron chi connectivity index (χ2n) is 9.79. The molecule has 0 spiro atoms. The SMILES string of the molecule is Cc1cc(S(=O)(=O)Nc2ccccc2)ccc1OCC(=O)N1C[C@@H](C(=O)NCCc2ccccc2)Oc2ccccc21. The first kappa shape index (κ1) is 28.7. The van der Waals surface area contributed by atoms with Crippen molar-refractivity contribution < 1.29 is 27.5 Å². The summed E-state index contributed by atoms with van der Waals surface area (Å²) in [6, 6.07) is 29.9. The molecule has 216 valence electrons. The zero-order valence-corrected chi connectivity index (χ0v) is 23.8. The van der Waals surface area contributed by atoms with Gasteiger partial charge in [-0.3, -0.25) is 14.3 Å². The van der Waals surface area contributed by atoms with E-state index in [1.807, 2.05) is 30.3 Å². The molecular weight excluding hydrogens is 554 g/mol. The van der Waals surface area contributed by atoms with Gasteiger partial charge in [-0.1, -0.05) is 60.7 Å². The summed E-state index contributed by atoms with van der Waals surface area (Å²) < 4.78 is 39.9. The molecule has 5 rings (SSSR count). The minimum absolute atomic E-state index is 0.0255. The molecule has 0 unspecified atom stereocenters. The Morgan fingerprint density at radius 1 is 0.929 bits per heavy atom. The number of para-hydroxylation sites is 3. The standard InChI is InChI=1S/C32H31N3O6S/c1-23-20-26(42(38,39)34-25-12-6-3-7-13-25)16-17-28(23)40-22-31(36)35-21-30(41-29-15-9-8-14-27(29)35)32(37)33-19-18-24-10-4-2-5-11-24/h2-17,20,30,34H,18-19,21-22H2,1H3,(H,33,37)/t30-/m0/s1. The number of rotatable bonds is 10. The van der Waals surface area contributed by atoms with Gasteiger partial charge < -0.3 is 19.7 Å². The molecule has 4 aromatic carbocycles. The summed E-state index contributed by atoms with van der Waals surface area (Å²) in [5.41, 5.74) is 2.66. The molecule has 4 aromatic rings. The Hall–Kier alpha value is -4.83. The van der Waals surface area contributed by atoms with Crippen LogP contribution >= 0.6 is 0 Å². The number of aryl methyl sites for hydroxylation is 1. The maximum atomic E-state index is 13.3. The molecule has 42 heavy (non-hydrogen) atoms. The molecule has 0 saturated heterocycles. The lowest BCUT2D eigenvalue weighted by Gasteiger charge is -2.34. The number of carbonyl (C=O) groups is 2. The molecule has 1 aliphatic heterocycles. The second-order valence-corrected chi connectivity index (χ2v) is 11.5. The van der Waals surface area contributed by atoms with Crippen molar-refractivity contribution in [3.05, 3.63) is 114 Å². The van der Waals surface area contributed by atoms with Gasteiger partial charge in [0.15, 0.2) is 12.7 Å². The van der Waals surface area contributed by atoms with Crippen LogP contribution in [0.25, 0.3) is 0 Å². The van der Waals surface area contributed by atoms with E-state index in [-0.39, 0.29) is 29.9 Å². The van der Waals surface area contributed by atoms with Crippen LogP contribution in [-0.4, -0.2) is 46.0 Å². The van der Waals surface area contributed by atoms with Crippen LogP contribution in [0.3, 0.4) is 0 Å². The molecule has 0 radical (unpaired) electrons. The molecule has 0 fully saturated rings. The van der Waals surface area contributed by atoms with Gasteiger partial charge in [-0.2, -0.15) is 0 Å². The normalized spacial score (nSPS) is 14.3. The summed E-state index contributed by atoms with van der Waals surface area (Å²) >= 11 is 0. The van der Waals surface area contributed by atoms with Gasteiger partial charge in [-0.15, -0.1) is 0 Å². The van der Waals surface area contributed by atoms with E-state index in [4.69, 9.17) is 9.47 Å². The lowest BCUT2D eigenvalue weighted by atomic mass is 10.1. The van der Waals surface area contributed by atoms with E-state index in [9.17, 15) is 18.0 Å². The van der Waals surface area contributed by atoms with Gasteiger partial charge in [0.25, 0.3) is 21.8 Å². The Morgan fingerprint density at radius 2 is 1.62 bits per heavy atom. The quantitative estimate of drug-likeness (QED) is 0.287. The van der Waals surface area contributed by atoms with Crippen molar-refractivity contribution in [1.29, 1.82) is 0 Å². The number of anilines is 2. The largest absolute Gasteiger partial charge is 0.483 e. The molecule has 10 heteroatoms. The maximum absolute atomic E-state index is 13.3. The van der Waals surface area contributed by atoms with Crippen LogP contribution in [0.5, 0.6) is 11.5 Å². The van der Waals surface area contributed by atoms with E-state index in [0.29, 0.717) is 41.4 Å². The number of benzene rings is 4. The summed E-state index contributed by atoms with van der Waals surface area (Å²) in [5, 5.41) is 2.90. The maximum Gasteiger partial charge on any atom is 0.265 e. The van der Waals surface area contributed by atoms with E-state index in [1.165, 1.54) is 23.1 Å². The first-order valence-electron chi connectivity index (χ1n) is 13.5. The number of ether oxygens (including phenoxy) is 2. The van der Waals surface area contributed by atoms with Crippen molar-refractivity contribution in [1.82, 2.24) is 5.32 Å². The average Bonchev–Trinajstić information content (AvgIpc) is 3.00. The van der Waals surface area contributed by atoms with Crippen molar-refractivity contribution in [2.45, 2.75) is 24.3 Å². The Kier molecular flexibility index (Phi) is 8.73. The molecule has 1 heterocycles. The molecule has 1 aliphatic rings. The predicted molar refractivity (Wildman–Crippen MR) is 160 cm³/mol. The fraction of sp³-hybridized carbons (Fsp3) is 0.188. The number of sulfonamides is 1. The number of hydrogen-bond acceptors (Lipinski definition) is 6. The zero-order chi connectivity index (χ0) is 29.5. The Bertz CT molecular complexity index is 1660. The molecule has 2 N–H and O–H groups in total. The topological polar surface area (TPSA) is 114 Å². The third kappa shape index (κ3) is 6.90.